The van der Waals surface area contributed by atoms with Gasteiger partial charge >= 0.3 is 5.97 Å². The van der Waals surface area contributed by atoms with Gasteiger partial charge in [0.2, 0.25) is 0 Å². The Kier molecular flexibility index (Phi) is 7.43. The Balaban J connectivity index is 2.08. The molecule has 1 aromatic rings. The molecule has 3 heteroatoms. The Morgan fingerprint density at radius 2 is 1.81 bits per heavy atom. The van der Waals surface area contributed by atoms with Crippen LogP contribution in [0.25, 0.3) is 0 Å². The van der Waals surface area contributed by atoms with Gasteiger partial charge in [-0.15, -0.1) is 0 Å². The molecule has 0 amide bonds. The van der Waals surface area contributed by atoms with Crippen LogP contribution in [0.1, 0.15) is 70.9 Å². The van der Waals surface area contributed by atoms with E-state index < -0.39 is 11.9 Å². The molecule has 0 saturated heterocycles. The standard InChI is InChI=1S/C23H34O3/c1-15(2)12-18-7-9-19(10-8-18)21(14-24)23(25)26-22-13-17(5)6-11-20(22)16(3)4/h7-10,14-17,20-22H,6,11-13H2,1-5H3. The van der Waals surface area contributed by atoms with Crippen molar-refractivity contribution in [2.24, 2.45) is 23.7 Å². The van der Waals surface area contributed by atoms with Gasteiger partial charge in [-0.25, -0.2) is 0 Å². The van der Waals surface area contributed by atoms with Crippen molar-refractivity contribution in [1.29, 1.82) is 0 Å². The van der Waals surface area contributed by atoms with E-state index in [1.54, 1.807) is 0 Å². The minimum Gasteiger partial charge on any atom is -0.461 e. The van der Waals surface area contributed by atoms with Crippen LogP contribution in [0.15, 0.2) is 24.3 Å². The van der Waals surface area contributed by atoms with Gasteiger partial charge in [-0.05, 0) is 54.1 Å². The van der Waals surface area contributed by atoms with E-state index in [1.807, 2.05) is 24.3 Å². The van der Waals surface area contributed by atoms with Crippen LogP contribution in [-0.2, 0) is 20.7 Å². The molecule has 0 spiro atoms. The quantitative estimate of drug-likeness (QED) is 0.383. The zero-order valence-electron chi connectivity index (χ0n) is 16.9. The van der Waals surface area contributed by atoms with Crippen molar-refractivity contribution in [2.75, 3.05) is 0 Å². The Morgan fingerprint density at radius 3 is 2.35 bits per heavy atom. The number of ether oxygens (including phenoxy) is 1. The lowest BCUT2D eigenvalue weighted by atomic mass is 9.75. The molecule has 0 radical (unpaired) electrons. The van der Waals surface area contributed by atoms with Crippen LogP contribution in [0.3, 0.4) is 0 Å². The summed E-state index contributed by atoms with van der Waals surface area (Å²) in [6.45, 7) is 10.9. The highest BCUT2D eigenvalue weighted by Gasteiger charge is 2.35. The van der Waals surface area contributed by atoms with Gasteiger partial charge in [0.25, 0.3) is 0 Å². The summed E-state index contributed by atoms with van der Waals surface area (Å²) in [4.78, 5) is 24.4. The van der Waals surface area contributed by atoms with Gasteiger partial charge in [0.05, 0.1) is 0 Å². The van der Waals surface area contributed by atoms with Crippen molar-refractivity contribution >= 4 is 12.3 Å². The fourth-order valence-electron chi connectivity index (χ4n) is 4.08. The third-order valence-electron chi connectivity index (χ3n) is 5.60. The minimum atomic E-state index is -0.826. The van der Waals surface area contributed by atoms with Crippen LogP contribution < -0.4 is 0 Å². The molecule has 1 saturated carbocycles. The predicted molar refractivity (Wildman–Crippen MR) is 105 cm³/mol. The Labute approximate surface area is 158 Å². The second-order valence-corrected chi connectivity index (χ2v) is 8.75. The second-order valence-electron chi connectivity index (χ2n) is 8.75. The Hall–Kier alpha value is -1.64. The lowest BCUT2D eigenvalue weighted by molar-refractivity contribution is -0.158. The smallest absolute Gasteiger partial charge is 0.320 e. The first-order valence-electron chi connectivity index (χ1n) is 10.1. The summed E-state index contributed by atoms with van der Waals surface area (Å²) in [5.74, 6) is 0.775. The largest absolute Gasteiger partial charge is 0.461 e. The lowest BCUT2D eigenvalue weighted by Gasteiger charge is -2.37. The summed E-state index contributed by atoms with van der Waals surface area (Å²) in [6, 6.07) is 7.81. The summed E-state index contributed by atoms with van der Waals surface area (Å²) in [6.07, 6.45) is 4.81. The van der Waals surface area contributed by atoms with Crippen LogP contribution >= 0.6 is 0 Å². The van der Waals surface area contributed by atoms with Gasteiger partial charge in [0.1, 0.15) is 18.3 Å². The molecule has 1 aliphatic rings. The summed E-state index contributed by atoms with van der Waals surface area (Å²) < 4.78 is 5.87. The Morgan fingerprint density at radius 1 is 1.15 bits per heavy atom. The van der Waals surface area contributed by atoms with E-state index in [4.69, 9.17) is 4.74 Å². The normalized spacial score (nSPS) is 24.5. The molecular weight excluding hydrogens is 324 g/mol. The van der Waals surface area contributed by atoms with Gasteiger partial charge in [-0.2, -0.15) is 0 Å². The summed E-state index contributed by atoms with van der Waals surface area (Å²) in [5.41, 5.74) is 1.95. The fourth-order valence-corrected chi connectivity index (χ4v) is 4.08. The average Bonchev–Trinajstić information content (AvgIpc) is 2.56. The van der Waals surface area contributed by atoms with Crippen molar-refractivity contribution in [2.45, 2.75) is 72.3 Å². The first-order valence-corrected chi connectivity index (χ1v) is 10.1. The van der Waals surface area contributed by atoms with Crippen LogP contribution in [0.5, 0.6) is 0 Å². The zero-order valence-corrected chi connectivity index (χ0v) is 16.9. The number of esters is 1. The molecule has 1 aromatic carbocycles. The number of carbonyl (C=O) groups is 2. The molecule has 0 N–H and O–H groups in total. The maximum atomic E-state index is 12.7. The predicted octanol–water partition coefficient (Wildman–Crippen LogP) is 5.17. The molecule has 0 bridgehead atoms. The van der Waals surface area contributed by atoms with Gasteiger partial charge in [-0.1, -0.05) is 65.3 Å². The summed E-state index contributed by atoms with van der Waals surface area (Å²) >= 11 is 0. The van der Waals surface area contributed by atoms with Gasteiger partial charge in [0.15, 0.2) is 0 Å². The van der Waals surface area contributed by atoms with Crippen molar-refractivity contribution in [3.63, 3.8) is 0 Å². The van der Waals surface area contributed by atoms with Crippen molar-refractivity contribution in [3.8, 4) is 0 Å². The summed E-state index contributed by atoms with van der Waals surface area (Å²) in [5, 5.41) is 0. The van der Waals surface area contributed by atoms with Crippen LogP contribution in [0, 0.1) is 23.7 Å². The maximum absolute atomic E-state index is 12.7. The molecule has 4 atom stereocenters. The highest BCUT2D eigenvalue weighted by Crippen LogP contribution is 2.36. The van der Waals surface area contributed by atoms with E-state index in [0.717, 1.165) is 31.1 Å². The number of hydrogen-bond acceptors (Lipinski definition) is 3. The van der Waals surface area contributed by atoms with Crippen LogP contribution in [0.4, 0.5) is 0 Å². The molecule has 3 nitrogen and oxygen atoms in total. The zero-order chi connectivity index (χ0) is 19.3. The van der Waals surface area contributed by atoms with E-state index in [2.05, 4.69) is 34.6 Å². The van der Waals surface area contributed by atoms with Crippen LogP contribution in [-0.4, -0.2) is 18.4 Å². The monoisotopic (exact) mass is 358 g/mol. The van der Waals surface area contributed by atoms with E-state index in [-0.39, 0.29) is 6.10 Å². The number of aldehydes is 1. The third kappa shape index (κ3) is 5.43. The molecule has 144 valence electrons. The minimum absolute atomic E-state index is 0.0751. The summed E-state index contributed by atoms with van der Waals surface area (Å²) in [7, 11) is 0. The second kappa shape index (κ2) is 9.34. The van der Waals surface area contributed by atoms with Crippen molar-refractivity contribution in [1.82, 2.24) is 0 Å². The average molecular weight is 359 g/mol. The molecule has 0 aliphatic heterocycles. The molecule has 26 heavy (non-hydrogen) atoms. The van der Waals surface area contributed by atoms with E-state index in [0.29, 0.717) is 23.7 Å². The highest BCUT2D eigenvalue weighted by atomic mass is 16.5. The highest BCUT2D eigenvalue weighted by molar-refractivity contribution is 5.94. The fraction of sp³-hybridized carbons (Fsp3) is 0.652. The van der Waals surface area contributed by atoms with E-state index >= 15 is 0 Å². The molecule has 1 aliphatic carbocycles. The molecular formula is C23H34O3. The van der Waals surface area contributed by atoms with Crippen molar-refractivity contribution in [3.05, 3.63) is 35.4 Å². The Bertz CT molecular complexity index is 588. The molecule has 2 rings (SSSR count). The third-order valence-corrected chi connectivity index (χ3v) is 5.60. The maximum Gasteiger partial charge on any atom is 0.320 e. The first kappa shape index (κ1) is 20.7. The van der Waals surface area contributed by atoms with E-state index in [9.17, 15) is 9.59 Å². The van der Waals surface area contributed by atoms with Crippen molar-refractivity contribution < 1.29 is 14.3 Å². The number of benzene rings is 1. The molecule has 1 fully saturated rings. The van der Waals surface area contributed by atoms with Gasteiger partial charge < -0.3 is 9.53 Å². The van der Waals surface area contributed by atoms with Gasteiger partial charge in [-0.3, -0.25) is 4.79 Å². The van der Waals surface area contributed by atoms with E-state index in [1.165, 1.54) is 12.0 Å². The number of hydrogen-bond donors (Lipinski definition) is 0. The van der Waals surface area contributed by atoms with Crippen LogP contribution in [0.2, 0.25) is 0 Å². The van der Waals surface area contributed by atoms with Gasteiger partial charge in [0, 0.05) is 0 Å². The first-order chi connectivity index (χ1) is 12.3. The molecule has 0 aromatic heterocycles. The molecule has 0 heterocycles. The molecule has 4 unspecified atom stereocenters. The topological polar surface area (TPSA) is 43.4 Å². The number of rotatable bonds is 7. The SMILES string of the molecule is CC(C)Cc1ccc(C(C=O)C(=O)OC2CC(C)CCC2C(C)C)cc1. The number of carbonyl (C=O) groups excluding carboxylic acids is 2. The lowest BCUT2D eigenvalue weighted by Crippen LogP contribution is -2.37.